The Bertz CT molecular complexity index is 814. The van der Waals surface area contributed by atoms with Gasteiger partial charge in [-0.25, -0.2) is 0 Å². The number of ether oxygens (including phenoxy) is 1. The summed E-state index contributed by atoms with van der Waals surface area (Å²) in [6.07, 6.45) is 4.60. The second kappa shape index (κ2) is 10.1. The summed E-state index contributed by atoms with van der Waals surface area (Å²) in [6, 6.07) is 14.5. The fourth-order valence-electron chi connectivity index (χ4n) is 3.86. The number of hydrogen-bond donors (Lipinski definition) is 1. The average Bonchev–Trinajstić information content (AvgIpc) is 2.74. The van der Waals surface area contributed by atoms with E-state index in [2.05, 4.69) is 50.3 Å². The van der Waals surface area contributed by atoms with Crippen LogP contribution in [0.5, 0.6) is 5.75 Å². The molecule has 5 heteroatoms. The van der Waals surface area contributed by atoms with Crippen LogP contribution >= 0.6 is 15.9 Å². The Labute approximate surface area is 176 Å². The van der Waals surface area contributed by atoms with Crippen LogP contribution in [-0.2, 0) is 12.8 Å². The molecule has 28 heavy (non-hydrogen) atoms. The standard InChI is InChI=1S/C23H29BrN2O2/c1-17(25-27)20-5-3-4-18(14-20)8-11-26-12-9-19(10-13-26)15-21-16-22(28-2)6-7-23(21)24/h3-7,14,16,19,27H,8-13,15H2,1-2H3/b25-17+. The van der Waals surface area contributed by atoms with E-state index in [4.69, 9.17) is 9.94 Å². The van der Waals surface area contributed by atoms with E-state index in [9.17, 15) is 0 Å². The minimum absolute atomic E-state index is 0.659. The molecule has 0 bridgehead atoms. The van der Waals surface area contributed by atoms with Gasteiger partial charge in [0.25, 0.3) is 0 Å². The van der Waals surface area contributed by atoms with Crippen molar-refractivity contribution >= 4 is 21.6 Å². The topological polar surface area (TPSA) is 45.1 Å². The van der Waals surface area contributed by atoms with E-state index in [1.165, 1.54) is 28.4 Å². The summed E-state index contributed by atoms with van der Waals surface area (Å²) in [4.78, 5) is 2.57. The van der Waals surface area contributed by atoms with Crippen LogP contribution in [0.4, 0.5) is 0 Å². The number of nitrogens with zero attached hydrogens (tertiary/aromatic N) is 2. The number of halogens is 1. The molecule has 1 N–H and O–H groups in total. The highest BCUT2D eigenvalue weighted by Crippen LogP contribution is 2.28. The van der Waals surface area contributed by atoms with E-state index in [0.29, 0.717) is 5.71 Å². The SMILES string of the molecule is COc1ccc(Br)c(CC2CCN(CCc3cccc(/C(C)=N/O)c3)CC2)c1. The van der Waals surface area contributed by atoms with Gasteiger partial charge in [0.1, 0.15) is 5.75 Å². The van der Waals surface area contributed by atoms with Crippen molar-refractivity contribution in [3.63, 3.8) is 0 Å². The second-order valence-corrected chi connectivity index (χ2v) is 8.44. The van der Waals surface area contributed by atoms with E-state index < -0.39 is 0 Å². The third-order valence-corrected chi connectivity index (χ3v) is 6.45. The first-order valence-electron chi connectivity index (χ1n) is 9.91. The second-order valence-electron chi connectivity index (χ2n) is 7.58. The fraction of sp³-hybridized carbons (Fsp3) is 0.435. The Morgan fingerprint density at radius 3 is 2.71 bits per heavy atom. The van der Waals surface area contributed by atoms with Gasteiger partial charge in [-0.1, -0.05) is 39.3 Å². The maximum atomic E-state index is 8.96. The van der Waals surface area contributed by atoms with Crippen molar-refractivity contribution in [2.45, 2.75) is 32.6 Å². The molecule has 0 atom stereocenters. The van der Waals surface area contributed by atoms with Crippen LogP contribution in [0.2, 0.25) is 0 Å². The van der Waals surface area contributed by atoms with Gasteiger partial charge in [0.2, 0.25) is 0 Å². The van der Waals surface area contributed by atoms with Crippen LogP contribution < -0.4 is 4.74 Å². The Morgan fingerprint density at radius 2 is 2.00 bits per heavy atom. The van der Waals surface area contributed by atoms with Crippen LogP contribution in [0.1, 0.15) is 36.5 Å². The van der Waals surface area contributed by atoms with Crippen LogP contribution in [0.25, 0.3) is 0 Å². The van der Waals surface area contributed by atoms with Crippen molar-refractivity contribution in [1.29, 1.82) is 0 Å². The van der Waals surface area contributed by atoms with Crippen molar-refractivity contribution in [1.82, 2.24) is 4.90 Å². The highest BCUT2D eigenvalue weighted by molar-refractivity contribution is 9.10. The van der Waals surface area contributed by atoms with Crippen molar-refractivity contribution in [3.05, 3.63) is 63.6 Å². The summed E-state index contributed by atoms with van der Waals surface area (Å²) in [6.45, 7) is 5.21. The van der Waals surface area contributed by atoms with Crippen molar-refractivity contribution in [3.8, 4) is 5.75 Å². The zero-order chi connectivity index (χ0) is 19.9. The third-order valence-electron chi connectivity index (χ3n) is 5.68. The number of hydrogen-bond acceptors (Lipinski definition) is 4. The summed E-state index contributed by atoms with van der Waals surface area (Å²) in [7, 11) is 1.72. The fourth-order valence-corrected chi connectivity index (χ4v) is 4.27. The molecule has 4 nitrogen and oxygen atoms in total. The van der Waals surface area contributed by atoms with E-state index in [-0.39, 0.29) is 0 Å². The number of oxime groups is 1. The van der Waals surface area contributed by atoms with Gasteiger partial charge in [-0.2, -0.15) is 0 Å². The van der Waals surface area contributed by atoms with Crippen LogP contribution in [0, 0.1) is 5.92 Å². The Balaban J connectivity index is 1.48. The molecule has 0 radical (unpaired) electrons. The monoisotopic (exact) mass is 444 g/mol. The number of likely N-dealkylation sites (tertiary alicyclic amines) is 1. The molecule has 0 aromatic heterocycles. The van der Waals surface area contributed by atoms with E-state index >= 15 is 0 Å². The first-order chi connectivity index (χ1) is 13.6. The quantitative estimate of drug-likeness (QED) is 0.364. The van der Waals surface area contributed by atoms with E-state index in [1.54, 1.807) is 7.11 Å². The Morgan fingerprint density at radius 1 is 1.21 bits per heavy atom. The highest BCUT2D eigenvalue weighted by Gasteiger charge is 2.20. The summed E-state index contributed by atoms with van der Waals surface area (Å²) < 4.78 is 6.55. The first-order valence-corrected chi connectivity index (χ1v) is 10.7. The van der Waals surface area contributed by atoms with Crippen molar-refractivity contribution in [2.24, 2.45) is 11.1 Å². The number of piperidine rings is 1. The maximum Gasteiger partial charge on any atom is 0.119 e. The Kier molecular flexibility index (Phi) is 7.51. The Hall–Kier alpha value is -1.85. The molecule has 150 valence electrons. The molecule has 2 aromatic rings. The maximum absolute atomic E-state index is 8.96. The van der Waals surface area contributed by atoms with Crippen LogP contribution in [0.3, 0.4) is 0 Å². The number of benzene rings is 2. The summed E-state index contributed by atoms with van der Waals surface area (Å²) >= 11 is 3.68. The van der Waals surface area contributed by atoms with Gasteiger partial charge in [-0.3, -0.25) is 0 Å². The lowest BCUT2D eigenvalue weighted by Crippen LogP contribution is -2.35. The van der Waals surface area contributed by atoms with Gasteiger partial charge >= 0.3 is 0 Å². The smallest absolute Gasteiger partial charge is 0.119 e. The lowest BCUT2D eigenvalue weighted by Gasteiger charge is -2.32. The first kappa shape index (κ1) is 20.9. The molecule has 3 rings (SSSR count). The molecule has 0 amide bonds. The summed E-state index contributed by atoms with van der Waals surface area (Å²) in [5.74, 6) is 1.66. The third kappa shape index (κ3) is 5.58. The molecule has 0 unspecified atom stereocenters. The van der Waals surface area contributed by atoms with Crippen LogP contribution in [0.15, 0.2) is 52.1 Å². The van der Waals surface area contributed by atoms with Gasteiger partial charge in [-0.05, 0) is 92.6 Å². The lowest BCUT2D eigenvalue weighted by molar-refractivity contribution is 0.186. The molecule has 1 fully saturated rings. The molecule has 0 spiro atoms. The minimum atomic E-state index is 0.659. The molecule has 1 aliphatic heterocycles. The van der Waals surface area contributed by atoms with Crippen LogP contribution in [-0.4, -0.2) is 42.6 Å². The molecule has 1 heterocycles. The molecule has 1 saturated heterocycles. The van der Waals surface area contributed by atoms with Gasteiger partial charge in [0, 0.05) is 11.0 Å². The van der Waals surface area contributed by atoms with Crippen molar-refractivity contribution < 1.29 is 9.94 Å². The molecular weight excluding hydrogens is 416 g/mol. The minimum Gasteiger partial charge on any atom is -0.497 e. The largest absolute Gasteiger partial charge is 0.497 e. The normalized spacial score (nSPS) is 16.3. The molecule has 0 saturated carbocycles. The van der Waals surface area contributed by atoms with E-state index in [0.717, 1.165) is 49.7 Å². The zero-order valence-corrected chi connectivity index (χ0v) is 18.3. The average molecular weight is 445 g/mol. The van der Waals surface area contributed by atoms with E-state index in [1.807, 2.05) is 25.1 Å². The van der Waals surface area contributed by atoms with Gasteiger partial charge in [0.15, 0.2) is 0 Å². The molecule has 2 aromatic carbocycles. The lowest BCUT2D eigenvalue weighted by atomic mass is 9.90. The van der Waals surface area contributed by atoms with Gasteiger partial charge in [0.05, 0.1) is 12.8 Å². The number of methoxy groups -OCH3 is 1. The number of rotatable bonds is 7. The van der Waals surface area contributed by atoms with Crippen molar-refractivity contribution in [2.75, 3.05) is 26.7 Å². The highest BCUT2D eigenvalue weighted by atomic mass is 79.9. The van der Waals surface area contributed by atoms with Gasteiger partial charge in [-0.15, -0.1) is 0 Å². The summed E-state index contributed by atoms with van der Waals surface area (Å²) in [5.41, 5.74) is 4.28. The summed E-state index contributed by atoms with van der Waals surface area (Å²) in [5, 5.41) is 12.3. The predicted octanol–water partition coefficient (Wildman–Crippen LogP) is 5.15. The molecule has 1 aliphatic rings. The van der Waals surface area contributed by atoms with Gasteiger partial charge < -0.3 is 14.8 Å². The zero-order valence-electron chi connectivity index (χ0n) is 16.7. The molecule has 0 aliphatic carbocycles. The predicted molar refractivity (Wildman–Crippen MR) is 118 cm³/mol. The molecular formula is C23H29BrN2O2.